The minimum absolute atomic E-state index is 0.102. The van der Waals surface area contributed by atoms with E-state index < -0.39 is 11.9 Å². The third kappa shape index (κ3) is 5.06. The van der Waals surface area contributed by atoms with E-state index in [4.69, 9.17) is 14.6 Å². The van der Waals surface area contributed by atoms with Crippen LogP contribution in [0.2, 0.25) is 0 Å². The summed E-state index contributed by atoms with van der Waals surface area (Å²) in [4.78, 5) is 22.9. The lowest BCUT2D eigenvalue weighted by Gasteiger charge is -2.15. The van der Waals surface area contributed by atoms with Gasteiger partial charge in [0.15, 0.2) is 6.61 Å². The molecule has 2 rings (SSSR count). The fourth-order valence-electron chi connectivity index (χ4n) is 2.24. The molecule has 5 nitrogen and oxygen atoms in total. The molecule has 0 heterocycles. The Bertz CT molecular complexity index is 772. The molecule has 6 heteroatoms. The summed E-state index contributed by atoms with van der Waals surface area (Å²) in [5.41, 5.74) is 1.15. The van der Waals surface area contributed by atoms with Crippen LogP contribution in [0.3, 0.4) is 0 Å². The van der Waals surface area contributed by atoms with Crippen LogP contribution in [0.5, 0.6) is 11.5 Å². The summed E-state index contributed by atoms with van der Waals surface area (Å²) in [5, 5.41) is 8.93. The Morgan fingerprint density at radius 3 is 2.52 bits per heavy atom. The van der Waals surface area contributed by atoms with Crippen molar-refractivity contribution in [2.24, 2.45) is 0 Å². The maximum atomic E-state index is 12.0. The Labute approximate surface area is 154 Å². The normalized spacial score (nSPS) is 11.6. The quantitative estimate of drug-likeness (QED) is 0.535. The van der Waals surface area contributed by atoms with Crippen LogP contribution in [0.1, 0.15) is 42.1 Å². The van der Waals surface area contributed by atoms with Gasteiger partial charge < -0.3 is 14.6 Å². The van der Waals surface area contributed by atoms with E-state index in [2.05, 4.69) is 29.8 Å². The lowest BCUT2D eigenvalue weighted by atomic mass is 9.98. The molecule has 1 atom stereocenters. The van der Waals surface area contributed by atoms with Gasteiger partial charge in [-0.2, -0.15) is 0 Å². The van der Waals surface area contributed by atoms with E-state index in [1.807, 2.05) is 24.3 Å². The molecular formula is C19H19BrO5. The summed E-state index contributed by atoms with van der Waals surface area (Å²) >= 11 is 3.20. The largest absolute Gasteiger partial charge is 0.482 e. The summed E-state index contributed by atoms with van der Waals surface area (Å²) < 4.78 is 11.2. The first-order valence-electron chi connectivity index (χ1n) is 7.87. The summed E-state index contributed by atoms with van der Waals surface area (Å²) in [6.07, 6.45) is 0.966. The number of esters is 1. The molecule has 0 saturated carbocycles. The number of aromatic carboxylic acids is 1. The second-order valence-corrected chi connectivity index (χ2v) is 6.41. The molecule has 0 bridgehead atoms. The van der Waals surface area contributed by atoms with Crippen molar-refractivity contribution in [3.8, 4) is 11.5 Å². The smallest absolute Gasteiger partial charge is 0.349 e. The zero-order valence-corrected chi connectivity index (χ0v) is 15.6. The maximum Gasteiger partial charge on any atom is 0.349 e. The lowest BCUT2D eigenvalue weighted by Crippen LogP contribution is -2.18. The zero-order chi connectivity index (χ0) is 18.4. The van der Waals surface area contributed by atoms with Gasteiger partial charge in [0.1, 0.15) is 11.5 Å². The molecule has 0 aliphatic rings. The average molecular weight is 407 g/mol. The molecule has 0 aromatic heterocycles. The summed E-state index contributed by atoms with van der Waals surface area (Å²) in [6, 6.07) is 11.8. The van der Waals surface area contributed by atoms with Gasteiger partial charge in [0.25, 0.3) is 0 Å². The fourth-order valence-corrected chi connectivity index (χ4v) is 2.70. The fraction of sp³-hybridized carbons (Fsp3) is 0.263. The van der Waals surface area contributed by atoms with Gasteiger partial charge in [0.05, 0.1) is 10.0 Å². The van der Waals surface area contributed by atoms with Gasteiger partial charge >= 0.3 is 11.9 Å². The highest BCUT2D eigenvalue weighted by Gasteiger charge is 2.14. The zero-order valence-electron chi connectivity index (χ0n) is 14.0. The summed E-state index contributed by atoms with van der Waals surface area (Å²) in [7, 11) is 0. The van der Waals surface area contributed by atoms with E-state index in [0.717, 1.165) is 12.0 Å². The molecule has 25 heavy (non-hydrogen) atoms. The third-order valence-corrected chi connectivity index (χ3v) is 4.43. The number of ether oxygens (including phenoxy) is 2. The van der Waals surface area contributed by atoms with Crippen LogP contribution < -0.4 is 9.47 Å². The van der Waals surface area contributed by atoms with E-state index >= 15 is 0 Å². The molecule has 1 unspecified atom stereocenters. The molecule has 0 aliphatic carbocycles. The predicted octanol–water partition coefficient (Wildman–Crippen LogP) is 4.65. The lowest BCUT2D eigenvalue weighted by molar-refractivity contribution is -0.136. The van der Waals surface area contributed by atoms with Crippen molar-refractivity contribution >= 4 is 27.9 Å². The molecule has 1 N–H and O–H groups in total. The molecule has 0 radical (unpaired) electrons. The standard InChI is InChI=1S/C19H19BrO5/c1-3-12(2)14-6-4-5-7-16(14)24-11-18(21)25-17-9-8-13(19(22)23)10-15(17)20/h4-10,12H,3,11H2,1-2H3,(H,22,23). The molecule has 0 spiro atoms. The Balaban J connectivity index is 2.01. The van der Waals surface area contributed by atoms with Crippen molar-refractivity contribution in [3.05, 3.63) is 58.1 Å². The first-order chi connectivity index (χ1) is 11.9. The number of carbonyl (C=O) groups is 2. The molecule has 132 valence electrons. The highest BCUT2D eigenvalue weighted by atomic mass is 79.9. The van der Waals surface area contributed by atoms with E-state index in [1.54, 1.807) is 0 Å². The highest BCUT2D eigenvalue weighted by Crippen LogP contribution is 2.29. The van der Waals surface area contributed by atoms with Crippen LogP contribution in [0, 0.1) is 0 Å². The number of hydrogen-bond acceptors (Lipinski definition) is 4. The number of carbonyl (C=O) groups excluding carboxylic acids is 1. The van der Waals surface area contributed by atoms with Crippen LogP contribution >= 0.6 is 15.9 Å². The topological polar surface area (TPSA) is 72.8 Å². The number of benzene rings is 2. The van der Waals surface area contributed by atoms with Gasteiger partial charge in [0, 0.05) is 0 Å². The molecule has 0 aliphatic heterocycles. The first kappa shape index (κ1) is 19.0. The Morgan fingerprint density at radius 1 is 1.16 bits per heavy atom. The molecule has 2 aromatic carbocycles. The van der Waals surface area contributed by atoms with Gasteiger partial charge in [-0.25, -0.2) is 9.59 Å². The van der Waals surface area contributed by atoms with Crippen molar-refractivity contribution in [1.29, 1.82) is 0 Å². The van der Waals surface area contributed by atoms with E-state index in [-0.39, 0.29) is 17.9 Å². The molecular weight excluding hydrogens is 388 g/mol. The van der Waals surface area contributed by atoms with E-state index in [9.17, 15) is 9.59 Å². The second kappa shape index (κ2) is 8.67. The maximum absolute atomic E-state index is 12.0. The highest BCUT2D eigenvalue weighted by molar-refractivity contribution is 9.10. The van der Waals surface area contributed by atoms with Gasteiger partial charge in [-0.1, -0.05) is 32.0 Å². The summed E-state index contributed by atoms with van der Waals surface area (Å²) in [6.45, 7) is 3.95. The molecule has 0 saturated heterocycles. The molecule has 2 aromatic rings. The third-order valence-electron chi connectivity index (χ3n) is 3.81. The number of halogens is 1. The predicted molar refractivity (Wildman–Crippen MR) is 97.4 cm³/mol. The van der Waals surface area contributed by atoms with Gasteiger partial charge in [0.2, 0.25) is 0 Å². The number of rotatable bonds is 7. The van der Waals surface area contributed by atoms with Crippen LogP contribution in [-0.4, -0.2) is 23.7 Å². The molecule has 0 amide bonds. The molecule has 0 fully saturated rings. The SMILES string of the molecule is CCC(C)c1ccccc1OCC(=O)Oc1ccc(C(=O)O)cc1Br. The Morgan fingerprint density at radius 2 is 1.88 bits per heavy atom. The van der Waals surface area contributed by atoms with Crippen LogP contribution in [0.15, 0.2) is 46.9 Å². The van der Waals surface area contributed by atoms with E-state index in [1.165, 1.54) is 18.2 Å². The van der Waals surface area contributed by atoms with Gasteiger partial charge in [-0.15, -0.1) is 0 Å². The van der Waals surface area contributed by atoms with E-state index in [0.29, 0.717) is 16.1 Å². The van der Waals surface area contributed by atoms with Gasteiger partial charge in [-0.3, -0.25) is 0 Å². The Hall–Kier alpha value is -2.34. The monoisotopic (exact) mass is 406 g/mol. The minimum Gasteiger partial charge on any atom is -0.482 e. The average Bonchev–Trinajstić information content (AvgIpc) is 2.61. The van der Waals surface area contributed by atoms with Crippen molar-refractivity contribution in [2.45, 2.75) is 26.2 Å². The number of para-hydroxylation sites is 1. The first-order valence-corrected chi connectivity index (χ1v) is 8.67. The summed E-state index contributed by atoms with van der Waals surface area (Å²) in [5.74, 6) is -0.390. The van der Waals surface area contributed by atoms with Crippen LogP contribution in [-0.2, 0) is 4.79 Å². The van der Waals surface area contributed by atoms with Crippen molar-refractivity contribution in [1.82, 2.24) is 0 Å². The van der Waals surface area contributed by atoms with Gasteiger partial charge in [-0.05, 0) is 58.1 Å². The number of carboxylic acid groups (broad SMARTS) is 1. The number of carboxylic acids is 1. The second-order valence-electron chi connectivity index (χ2n) is 5.56. The van der Waals surface area contributed by atoms with Crippen LogP contribution in [0.25, 0.3) is 0 Å². The van der Waals surface area contributed by atoms with Crippen molar-refractivity contribution in [3.63, 3.8) is 0 Å². The number of hydrogen-bond donors (Lipinski definition) is 1. The van der Waals surface area contributed by atoms with Crippen molar-refractivity contribution < 1.29 is 24.2 Å². The minimum atomic E-state index is -1.05. The van der Waals surface area contributed by atoms with Crippen LogP contribution in [0.4, 0.5) is 0 Å². The Kier molecular flexibility index (Phi) is 6.58. The van der Waals surface area contributed by atoms with Crippen molar-refractivity contribution in [2.75, 3.05) is 6.61 Å².